The number of guanidine groups is 1. The molecule has 0 saturated carbocycles. The van der Waals surface area contributed by atoms with Crippen molar-refractivity contribution in [3.8, 4) is 0 Å². The number of anilines is 1. The van der Waals surface area contributed by atoms with Crippen molar-refractivity contribution < 1.29 is 8.78 Å². The van der Waals surface area contributed by atoms with Crippen molar-refractivity contribution >= 4 is 35.6 Å². The molecule has 2 atom stereocenters. The van der Waals surface area contributed by atoms with E-state index in [0.29, 0.717) is 24.2 Å². The van der Waals surface area contributed by atoms with Crippen molar-refractivity contribution in [3.63, 3.8) is 0 Å². The molecule has 0 aromatic heterocycles. The fraction of sp³-hybridized carbons (Fsp3) is 0.682. The number of nitrogens with one attached hydrogen (secondary N) is 2. The maximum absolute atomic E-state index is 14.1. The first kappa shape index (κ1) is 26.1. The molecule has 0 radical (unpaired) electrons. The molecule has 2 fully saturated rings. The number of likely N-dealkylation sites (N-methyl/N-ethyl adjacent to an activating group) is 1. The molecule has 31 heavy (non-hydrogen) atoms. The Bertz CT molecular complexity index is 724. The molecule has 0 spiro atoms. The first-order chi connectivity index (χ1) is 14.4. The van der Waals surface area contributed by atoms with Gasteiger partial charge >= 0.3 is 0 Å². The molecule has 2 heterocycles. The number of hydrogen-bond acceptors (Lipinski definition) is 4. The summed E-state index contributed by atoms with van der Waals surface area (Å²) in [6, 6.07) is 4.39. The highest BCUT2D eigenvalue weighted by atomic mass is 127. The molecule has 0 aliphatic carbocycles. The van der Waals surface area contributed by atoms with Gasteiger partial charge in [-0.15, -0.1) is 24.0 Å². The molecule has 1 aromatic rings. The van der Waals surface area contributed by atoms with Gasteiger partial charge in [0.15, 0.2) is 5.96 Å². The summed E-state index contributed by atoms with van der Waals surface area (Å²) >= 11 is 0. The summed E-state index contributed by atoms with van der Waals surface area (Å²) in [4.78, 5) is 11.3. The Hall–Kier alpha value is -1.20. The van der Waals surface area contributed by atoms with Gasteiger partial charge in [0.25, 0.3) is 0 Å². The van der Waals surface area contributed by atoms with Crippen LogP contribution in [0.3, 0.4) is 0 Å². The van der Waals surface area contributed by atoms with E-state index >= 15 is 0 Å². The fourth-order valence-corrected chi connectivity index (χ4v) is 4.36. The van der Waals surface area contributed by atoms with Gasteiger partial charge in [-0.1, -0.05) is 13.8 Å². The summed E-state index contributed by atoms with van der Waals surface area (Å²) < 4.78 is 27.3. The lowest BCUT2D eigenvalue weighted by molar-refractivity contribution is 0.0900. The van der Waals surface area contributed by atoms with Gasteiger partial charge in [-0.2, -0.15) is 0 Å². The van der Waals surface area contributed by atoms with E-state index in [1.165, 1.54) is 12.1 Å². The minimum atomic E-state index is -0.546. The lowest BCUT2D eigenvalue weighted by atomic mass is 10.0. The van der Waals surface area contributed by atoms with Crippen LogP contribution in [0.4, 0.5) is 14.5 Å². The van der Waals surface area contributed by atoms with Crippen molar-refractivity contribution in [1.29, 1.82) is 0 Å². The van der Waals surface area contributed by atoms with Crippen LogP contribution in [-0.2, 0) is 0 Å². The van der Waals surface area contributed by atoms with E-state index in [2.05, 4.69) is 46.3 Å². The molecule has 2 N–H and O–H groups in total. The van der Waals surface area contributed by atoms with Crippen LogP contribution >= 0.6 is 24.0 Å². The molecule has 2 saturated heterocycles. The molecule has 0 bridgehead atoms. The Morgan fingerprint density at radius 3 is 2.48 bits per heavy atom. The van der Waals surface area contributed by atoms with Crippen LogP contribution in [0.15, 0.2) is 23.2 Å². The lowest BCUT2D eigenvalue weighted by Gasteiger charge is -2.40. The number of piperazine rings is 1. The van der Waals surface area contributed by atoms with Crippen LogP contribution in [-0.4, -0.2) is 87.8 Å². The second-order valence-corrected chi connectivity index (χ2v) is 8.78. The molecule has 176 valence electrons. The molecule has 2 aliphatic heterocycles. The van der Waals surface area contributed by atoms with Crippen molar-refractivity contribution in [2.24, 2.45) is 10.9 Å². The van der Waals surface area contributed by atoms with E-state index in [0.717, 1.165) is 57.7 Å². The zero-order chi connectivity index (χ0) is 21.7. The van der Waals surface area contributed by atoms with Crippen molar-refractivity contribution in [2.45, 2.75) is 32.4 Å². The lowest BCUT2D eigenvalue weighted by Crippen LogP contribution is -2.55. The van der Waals surface area contributed by atoms with Gasteiger partial charge in [-0.25, -0.2) is 8.78 Å². The van der Waals surface area contributed by atoms with Gasteiger partial charge in [-0.3, -0.25) is 9.89 Å². The zero-order valence-electron chi connectivity index (χ0n) is 19.1. The van der Waals surface area contributed by atoms with Crippen molar-refractivity contribution in [3.05, 3.63) is 29.8 Å². The molecule has 2 aliphatic rings. The van der Waals surface area contributed by atoms with Crippen molar-refractivity contribution in [1.82, 2.24) is 20.4 Å². The third kappa shape index (κ3) is 7.15. The first-order valence-corrected chi connectivity index (χ1v) is 11.0. The average Bonchev–Trinajstić information content (AvgIpc) is 3.16. The van der Waals surface area contributed by atoms with Crippen LogP contribution in [0.5, 0.6) is 0 Å². The molecular formula is C22H37F2IN6. The number of nitrogens with zero attached hydrogens (tertiary/aromatic N) is 4. The summed E-state index contributed by atoms with van der Waals surface area (Å²) in [5, 5.41) is 6.98. The second kappa shape index (κ2) is 12.2. The number of benzene rings is 1. The SMILES string of the molecule is CN=C(NCC(C(C)C)N1CCN(C)CC1)NC1CCN(c2ccc(F)cc2F)C1.I. The highest BCUT2D eigenvalue weighted by Crippen LogP contribution is 2.24. The van der Waals surface area contributed by atoms with Crippen LogP contribution < -0.4 is 15.5 Å². The van der Waals surface area contributed by atoms with Crippen molar-refractivity contribution in [2.75, 3.05) is 64.8 Å². The van der Waals surface area contributed by atoms with Crippen LogP contribution in [0, 0.1) is 17.6 Å². The number of hydrogen-bond donors (Lipinski definition) is 2. The van der Waals surface area contributed by atoms with Gasteiger partial charge in [0.05, 0.1) is 5.69 Å². The Kier molecular flexibility index (Phi) is 10.2. The summed E-state index contributed by atoms with van der Waals surface area (Å²) in [5.41, 5.74) is 0.457. The van der Waals surface area contributed by atoms with Crippen LogP contribution in [0.1, 0.15) is 20.3 Å². The monoisotopic (exact) mass is 550 g/mol. The smallest absolute Gasteiger partial charge is 0.191 e. The van der Waals surface area contributed by atoms with Gasteiger partial charge in [0, 0.05) is 71.0 Å². The number of halogens is 3. The maximum atomic E-state index is 14.1. The zero-order valence-corrected chi connectivity index (χ0v) is 21.4. The van der Waals surface area contributed by atoms with E-state index in [-0.39, 0.29) is 30.0 Å². The summed E-state index contributed by atoms with van der Waals surface area (Å²) in [7, 11) is 3.95. The number of aliphatic imine (C=N–C) groups is 1. The summed E-state index contributed by atoms with van der Waals surface area (Å²) in [5.74, 6) is 0.267. The van der Waals surface area contributed by atoms with Crippen LogP contribution in [0.25, 0.3) is 0 Å². The van der Waals surface area contributed by atoms with E-state index < -0.39 is 11.6 Å². The van der Waals surface area contributed by atoms with Gasteiger partial charge in [-0.05, 0) is 31.5 Å². The maximum Gasteiger partial charge on any atom is 0.191 e. The molecule has 3 rings (SSSR count). The molecule has 2 unspecified atom stereocenters. The summed E-state index contributed by atoms with van der Waals surface area (Å²) in [6.45, 7) is 11.2. The highest BCUT2D eigenvalue weighted by molar-refractivity contribution is 14.0. The Morgan fingerprint density at radius 1 is 1.16 bits per heavy atom. The quantitative estimate of drug-likeness (QED) is 0.324. The Morgan fingerprint density at radius 2 is 1.87 bits per heavy atom. The van der Waals surface area contributed by atoms with Crippen LogP contribution in [0.2, 0.25) is 0 Å². The average molecular weight is 550 g/mol. The fourth-order valence-electron chi connectivity index (χ4n) is 4.36. The third-order valence-corrected chi connectivity index (χ3v) is 6.26. The van der Waals surface area contributed by atoms with E-state index in [1.807, 2.05) is 4.90 Å². The Labute approximate surface area is 202 Å². The molecule has 0 amide bonds. The Balaban J connectivity index is 0.00000341. The van der Waals surface area contributed by atoms with Gasteiger partial charge in [0.2, 0.25) is 0 Å². The van der Waals surface area contributed by atoms with E-state index in [4.69, 9.17) is 0 Å². The normalized spacial score (nSPS) is 21.8. The minimum Gasteiger partial charge on any atom is -0.367 e. The number of rotatable bonds is 6. The predicted octanol–water partition coefficient (Wildman–Crippen LogP) is 2.60. The molecule has 9 heteroatoms. The van der Waals surface area contributed by atoms with E-state index in [9.17, 15) is 8.78 Å². The predicted molar refractivity (Wildman–Crippen MR) is 135 cm³/mol. The second-order valence-electron chi connectivity index (χ2n) is 8.78. The van der Waals surface area contributed by atoms with E-state index in [1.54, 1.807) is 7.05 Å². The molecule has 6 nitrogen and oxygen atoms in total. The van der Waals surface area contributed by atoms with Gasteiger partial charge in [0.1, 0.15) is 11.6 Å². The first-order valence-electron chi connectivity index (χ1n) is 11.0. The third-order valence-electron chi connectivity index (χ3n) is 6.26. The molecular weight excluding hydrogens is 513 g/mol. The standard InChI is InChI=1S/C22H36F2N6.HI/c1-16(2)21(29-11-9-28(4)10-12-29)14-26-22(25-3)27-18-7-8-30(15-18)20-6-5-17(23)13-19(20)24;/h5-6,13,16,18,21H,7-12,14-15H2,1-4H3,(H2,25,26,27);1H. The minimum absolute atomic E-state index is 0. The summed E-state index contributed by atoms with van der Waals surface area (Å²) in [6.07, 6.45) is 0.879. The molecule has 1 aromatic carbocycles. The largest absolute Gasteiger partial charge is 0.367 e. The highest BCUT2D eigenvalue weighted by Gasteiger charge is 2.27. The topological polar surface area (TPSA) is 46.1 Å². The van der Waals surface area contributed by atoms with Gasteiger partial charge < -0.3 is 20.4 Å².